The van der Waals surface area contributed by atoms with E-state index in [1.807, 2.05) is 23.1 Å². The lowest BCUT2D eigenvalue weighted by Crippen LogP contribution is -2.37. The van der Waals surface area contributed by atoms with E-state index in [2.05, 4.69) is 27.4 Å². The van der Waals surface area contributed by atoms with Crippen LogP contribution in [0.1, 0.15) is 28.7 Å². The predicted molar refractivity (Wildman–Crippen MR) is 106 cm³/mol. The minimum absolute atomic E-state index is 0. The summed E-state index contributed by atoms with van der Waals surface area (Å²) in [5, 5.41) is 3.45. The predicted octanol–water partition coefficient (Wildman–Crippen LogP) is 1.77. The molecule has 0 spiro atoms. The third kappa shape index (κ3) is 3.64. The Hall–Kier alpha value is -2.18. The molecule has 0 saturated carbocycles. The topological polar surface area (TPSA) is 78.1 Å². The highest BCUT2D eigenvalue weighted by Gasteiger charge is 2.46. The molecule has 7 heteroatoms. The summed E-state index contributed by atoms with van der Waals surface area (Å²) >= 11 is 0. The van der Waals surface area contributed by atoms with Crippen molar-refractivity contribution < 1.29 is 4.79 Å². The van der Waals surface area contributed by atoms with Crippen LogP contribution in [0.25, 0.3) is 0 Å². The first-order valence-corrected chi connectivity index (χ1v) is 9.16. The average molecular weight is 389 g/mol. The van der Waals surface area contributed by atoms with Gasteiger partial charge in [-0.1, -0.05) is 30.3 Å². The Bertz CT molecular complexity index is 883. The van der Waals surface area contributed by atoms with E-state index in [4.69, 9.17) is 0 Å². The number of rotatable bonds is 3. The van der Waals surface area contributed by atoms with Gasteiger partial charge in [0.15, 0.2) is 0 Å². The molecular weight excluding hydrogens is 364 g/mol. The second kappa shape index (κ2) is 7.82. The van der Waals surface area contributed by atoms with Crippen LogP contribution >= 0.6 is 12.4 Å². The van der Waals surface area contributed by atoms with Crippen LogP contribution in [-0.4, -0.2) is 40.4 Å². The summed E-state index contributed by atoms with van der Waals surface area (Å²) < 4.78 is 0. The van der Waals surface area contributed by atoms with Gasteiger partial charge in [-0.25, -0.2) is 4.98 Å². The number of amides is 1. The van der Waals surface area contributed by atoms with Gasteiger partial charge in [0.1, 0.15) is 5.82 Å². The number of benzene rings is 1. The van der Waals surface area contributed by atoms with Crippen LogP contribution in [0.5, 0.6) is 0 Å². The molecule has 0 bridgehead atoms. The molecule has 0 radical (unpaired) electrons. The molecule has 2 saturated heterocycles. The summed E-state index contributed by atoms with van der Waals surface area (Å²) in [6, 6.07) is 10.3. The molecule has 0 aliphatic carbocycles. The van der Waals surface area contributed by atoms with E-state index >= 15 is 0 Å². The number of likely N-dealkylation sites (tertiary alicyclic amines) is 1. The van der Waals surface area contributed by atoms with E-state index in [0.717, 1.165) is 19.6 Å². The Kier molecular flexibility index (Phi) is 5.67. The molecule has 1 aromatic carbocycles. The lowest BCUT2D eigenvalue weighted by atomic mass is 9.89. The van der Waals surface area contributed by atoms with E-state index in [1.54, 1.807) is 13.8 Å². The largest absolute Gasteiger partial charge is 0.335 e. The number of nitrogens with one attached hydrogen (secondary N) is 2. The molecule has 2 fully saturated rings. The number of aromatic amines is 1. The average Bonchev–Trinajstić information content (AvgIpc) is 3.19. The van der Waals surface area contributed by atoms with Crippen molar-refractivity contribution in [2.24, 2.45) is 11.8 Å². The van der Waals surface area contributed by atoms with E-state index in [0.29, 0.717) is 28.9 Å². The summed E-state index contributed by atoms with van der Waals surface area (Å²) in [5.74, 6) is 1.48. The zero-order chi connectivity index (χ0) is 18.3. The molecule has 4 rings (SSSR count). The number of hydrogen-bond acceptors (Lipinski definition) is 4. The fraction of sp³-hybridized carbons (Fsp3) is 0.450. The molecule has 2 N–H and O–H groups in total. The number of H-pyrrole nitrogens is 1. The summed E-state index contributed by atoms with van der Waals surface area (Å²) in [7, 11) is 0. The second-order valence-electron chi connectivity index (χ2n) is 7.38. The molecule has 27 heavy (non-hydrogen) atoms. The van der Waals surface area contributed by atoms with Gasteiger partial charge in [-0.05, 0) is 25.3 Å². The second-order valence-corrected chi connectivity index (χ2v) is 7.38. The van der Waals surface area contributed by atoms with Crippen molar-refractivity contribution in [2.75, 3.05) is 19.6 Å². The lowest BCUT2D eigenvalue weighted by Gasteiger charge is -2.28. The number of fused-ring (bicyclic) bond motifs is 1. The van der Waals surface area contributed by atoms with Crippen molar-refractivity contribution in [1.29, 1.82) is 0 Å². The molecule has 144 valence electrons. The number of hydrogen-bond donors (Lipinski definition) is 2. The Morgan fingerprint density at radius 3 is 2.67 bits per heavy atom. The van der Waals surface area contributed by atoms with Gasteiger partial charge in [0.2, 0.25) is 5.91 Å². The first-order valence-electron chi connectivity index (χ1n) is 9.16. The van der Waals surface area contributed by atoms with Gasteiger partial charge in [-0.3, -0.25) is 9.59 Å². The highest BCUT2D eigenvalue weighted by atomic mass is 35.5. The maximum Gasteiger partial charge on any atom is 0.254 e. The molecule has 2 aliphatic heterocycles. The third-order valence-electron chi connectivity index (χ3n) is 5.69. The molecule has 3 heterocycles. The maximum absolute atomic E-state index is 13.1. The van der Waals surface area contributed by atoms with Gasteiger partial charge in [0, 0.05) is 36.8 Å². The Morgan fingerprint density at radius 1 is 1.22 bits per heavy atom. The van der Waals surface area contributed by atoms with Gasteiger partial charge < -0.3 is 15.2 Å². The molecule has 0 unspecified atom stereocenters. The minimum atomic E-state index is -0.208. The van der Waals surface area contributed by atoms with Crippen LogP contribution < -0.4 is 10.9 Å². The number of halogens is 1. The molecule has 2 aromatic rings. The fourth-order valence-corrected chi connectivity index (χ4v) is 4.47. The normalized spacial score (nSPS) is 23.8. The van der Waals surface area contributed by atoms with Crippen molar-refractivity contribution in [3.63, 3.8) is 0 Å². The number of carbonyl (C=O) groups excluding carboxylic acids is 1. The lowest BCUT2D eigenvalue weighted by molar-refractivity contribution is -0.132. The Labute approximate surface area is 164 Å². The smallest absolute Gasteiger partial charge is 0.254 e. The molecule has 1 amide bonds. The number of nitrogens with zero attached hydrogens (tertiary/aromatic N) is 2. The van der Waals surface area contributed by atoms with Crippen molar-refractivity contribution in [3.8, 4) is 0 Å². The summed E-state index contributed by atoms with van der Waals surface area (Å²) in [6.07, 6.45) is 0.102. The van der Waals surface area contributed by atoms with Crippen molar-refractivity contribution >= 4 is 18.3 Å². The Balaban J connectivity index is 0.00000210. The number of aryl methyl sites for hydroxylation is 2. The van der Waals surface area contributed by atoms with Crippen LogP contribution in [0, 0.1) is 25.7 Å². The standard InChI is InChI=1S/C20H24N4O2.ClH/c1-12-16(20(26)23-13(2)22-12)8-18(25)24-11-15-9-21-10-17(15)19(24)14-6-4-3-5-7-14;/h3-7,15,17,19,21H,8-11H2,1-2H3,(H,22,23,26);1H/t15-,17-,19-;/m0./s1. The molecule has 6 nitrogen and oxygen atoms in total. The van der Waals surface area contributed by atoms with Crippen LogP contribution in [0.3, 0.4) is 0 Å². The highest BCUT2D eigenvalue weighted by molar-refractivity contribution is 5.85. The summed E-state index contributed by atoms with van der Waals surface area (Å²) in [6.45, 7) is 6.16. The van der Waals surface area contributed by atoms with Gasteiger partial charge >= 0.3 is 0 Å². The van der Waals surface area contributed by atoms with Crippen LogP contribution in [-0.2, 0) is 11.2 Å². The zero-order valence-corrected chi connectivity index (χ0v) is 16.4. The van der Waals surface area contributed by atoms with E-state index in [-0.39, 0.29) is 36.3 Å². The number of carbonyl (C=O) groups is 1. The van der Waals surface area contributed by atoms with Gasteiger partial charge in [0.05, 0.1) is 12.5 Å². The quantitative estimate of drug-likeness (QED) is 0.840. The first-order chi connectivity index (χ1) is 12.5. The van der Waals surface area contributed by atoms with Crippen molar-refractivity contribution in [3.05, 3.63) is 63.3 Å². The summed E-state index contributed by atoms with van der Waals surface area (Å²) in [4.78, 5) is 34.4. The third-order valence-corrected chi connectivity index (χ3v) is 5.69. The van der Waals surface area contributed by atoms with Crippen LogP contribution in [0.4, 0.5) is 0 Å². The van der Waals surface area contributed by atoms with Crippen molar-refractivity contribution in [2.45, 2.75) is 26.3 Å². The van der Waals surface area contributed by atoms with E-state index in [1.165, 1.54) is 5.56 Å². The van der Waals surface area contributed by atoms with Gasteiger partial charge in [-0.2, -0.15) is 0 Å². The van der Waals surface area contributed by atoms with E-state index in [9.17, 15) is 9.59 Å². The highest BCUT2D eigenvalue weighted by Crippen LogP contribution is 2.42. The zero-order valence-electron chi connectivity index (χ0n) is 15.6. The monoisotopic (exact) mass is 388 g/mol. The SMILES string of the molecule is Cc1nc(C)c(CC(=O)N2C[C@@H]3CNC[C@@H]3[C@@H]2c2ccccc2)c(=O)[nH]1.Cl. The molecule has 2 aliphatic rings. The molecule has 3 atom stereocenters. The molecular formula is C20H25ClN4O2. The maximum atomic E-state index is 13.1. The van der Waals surface area contributed by atoms with Crippen LogP contribution in [0.2, 0.25) is 0 Å². The number of aromatic nitrogens is 2. The van der Waals surface area contributed by atoms with Gasteiger partial charge in [0.25, 0.3) is 5.56 Å². The Morgan fingerprint density at radius 2 is 1.96 bits per heavy atom. The van der Waals surface area contributed by atoms with Crippen LogP contribution in [0.15, 0.2) is 35.1 Å². The van der Waals surface area contributed by atoms with Gasteiger partial charge in [-0.15, -0.1) is 12.4 Å². The summed E-state index contributed by atoms with van der Waals surface area (Å²) in [5.41, 5.74) is 2.07. The van der Waals surface area contributed by atoms with E-state index < -0.39 is 0 Å². The fourth-order valence-electron chi connectivity index (χ4n) is 4.47. The minimum Gasteiger partial charge on any atom is -0.335 e. The van der Waals surface area contributed by atoms with Crippen molar-refractivity contribution in [1.82, 2.24) is 20.2 Å². The first kappa shape index (κ1) is 19.6. The molecule has 1 aromatic heterocycles.